The summed E-state index contributed by atoms with van der Waals surface area (Å²) in [6, 6.07) is 12.5. The molecule has 1 aromatic rings. The fourth-order valence-corrected chi connectivity index (χ4v) is 3.67. The van der Waals surface area contributed by atoms with Crippen LogP contribution >= 0.6 is 15.9 Å². The zero-order valence-corrected chi connectivity index (χ0v) is 13.4. The molecule has 3 atom stereocenters. The Morgan fingerprint density at radius 3 is 2.19 bits per heavy atom. The second-order valence-electron chi connectivity index (χ2n) is 5.44. The van der Waals surface area contributed by atoms with Crippen molar-refractivity contribution in [3.8, 4) is 12.1 Å². The van der Waals surface area contributed by atoms with Crippen molar-refractivity contribution < 1.29 is 0 Å². The molecular formula is C18H17BrN2. The Hall–Kier alpha value is -1.84. The average molecular weight is 341 g/mol. The molecule has 21 heavy (non-hydrogen) atoms. The largest absolute Gasteiger partial charge is 0.197 e. The van der Waals surface area contributed by atoms with Gasteiger partial charge in [-0.05, 0) is 36.5 Å². The molecule has 0 spiro atoms. The van der Waals surface area contributed by atoms with Gasteiger partial charge in [0.1, 0.15) is 0 Å². The van der Waals surface area contributed by atoms with Crippen molar-refractivity contribution >= 4 is 15.9 Å². The molecule has 2 nitrogen and oxygen atoms in total. The number of nitriles is 2. The third-order valence-corrected chi connectivity index (χ3v) is 5.03. The number of rotatable bonds is 3. The van der Waals surface area contributed by atoms with Gasteiger partial charge in [0.25, 0.3) is 0 Å². The third-order valence-electron chi connectivity index (χ3n) is 4.50. The molecule has 0 N–H and O–H groups in total. The Morgan fingerprint density at radius 1 is 1.10 bits per heavy atom. The molecule has 2 rings (SSSR count). The maximum atomic E-state index is 9.78. The van der Waals surface area contributed by atoms with Gasteiger partial charge in [0.2, 0.25) is 0 Å². The van der Waals surface area contributed by atoms with E-state index >= 15 is 0 Å². The van der Waals surface area contributed by atoms with Crippen molar-refractivity contribution in [3.63, 3.8) is 0 Å². The molecule has 1 saturated carbocycles. The van der Waals surface area contributed by atoms with Gasteiger partial charge in [-0.3, -0.25) is 0 Å². The van der Waals surface area contributed by atoms with Crippen LogP contribution in [0.2, 0.25) is 0 Å². The molecule has 0 aromatic heterocycles. The van der Waals surface area contributed by atoms with Crippen LogP contribution in [0.1, 0.15) is 24.3 Å². The zero-order valence-electron chi connectivity index (χ0n) is 11.8. The SMILES string of the molecule is C=C[C@H]1CC[C@H](C=C)C(C#N)(C#N)[C@@H]1c1ccc(Br)cc1. The fourth-order valence-electron chi connectivity index (χ4n) is 3.40. The average Bonchev–Trinajstić information content (AvgIpc) is 2.54. The predicted octanol–water partition coefficient (Wildman–Crippen LogP) is 4.96. The molecule has 0 bridgehead atoms. The van der Waals surface area contributed by atoms with Gasteiger partial charge < -0.3 is 0 Å². The van der Waals surface area contributed by atoms with Crippen LogP contribution in [0.5, 0.6) is 0 Å². The van der Waals surface area contributed by atoms with E-state index in [4.69, 9.17) is 0 Å². The Kier molecular flexibility index (Phi) is 4.66. The first kappa shape index (κ1) is 15.5. The number of allylic oxidation sites excluding steroid dienone is 2. The standard InChI is InChI=1S/C18H17BrN2/c1-3-13-5-8-15(4-2)18(11-20,12-21)17(13)14-6-9-16(19)10-7-14/h3-4,6-7,9-10,13,15,17H,1-2,5,8H2/t13-,15-,17-/m0/s1. The van der Waals surface area contributed by atoms with Crippen LogP contribution in [0.3, 0.4) is 0 Å². The summed E-state index contributed by atoms with van der Waals surface area (Å²) in [5, 5.41) is 19.6. The molecule has 1 fully saturated rings. The molecule has 0 saturated heterocycles. The first-order chi connectivity index (χ1) is 10.1. The molecule has 0 aliphatic heterocycles. The van der Waals surface area contributed by atoms with E-state index in [2.05, 4.69) is 41.2 Å². The summed E-state index contributed by atoms with van der Waals surface area (Å²) in [5.41, 5.74) is -0.0649. The van der Waals surface area contributed by atoms with E-state index in [0.29, 0.717) is 0 Å². The van der Waals surface area contributed by atoms with Crippen molar-refractivity contribution in [2.24, 2.45) is 17.3 Å². The minimum atomic E-state index is -1.08. The minimum absolute atomic E-state index is 0.114. The molecule has 106 valence electrons. The van der Waals surface area contributed by atoms with E-state index in [0.717, 1.165) is 22.9 Å². The number of nitrogens with zero attached hydrogens (tertiary/aromatic N) is 2. The van der Waals surface area contributed by atoms with Crippen molar-refractivity contribution in [3.05, 3.63) is 59.6 Å². The molecule has 0 radical (unpaired) electrons. The highest BCUT2D eigenvalue weighted by Crippen LogP contribution is 2.53. The van der Waals surface area contributed by atoms with Crippen molar-refractivity contribution in [2.75, 3.05) is 0 Å². The predicted molar refractivity (Wildman–Crippen MR) is 87.2 cm³/mol. The van der Waals surface area contributed by atoms with Gasteiger partial charge in [-0.2, -0.15) is 10.5 Å². The van der Waals surface area contributed by atoms with Crippen LogP contribution in [-0.4, -0.2) is 0 Å². The lowest BCUT2D eigenvalue weighted by atomic mass is 9.56. The Labute approximate surface area is 134 Å². The Balaban J connectivity index is 2.61. The van der Waals surface area contributed by atoms with Crippen LogP contribution in [0.15, 0.2) is 54.0 Å². The quantitative estimate of drug-likeness (QED) is 0.729. The highest BCUT2D eigenvalue weighted by Gasteiger charge is 2.51. The second-order valence-corrected chi connectivity index (χ2v) is 6.36. The minimum Gasteiger partial charge on any atom is -0.197 e. The number of hydrogen-bond donors (Lipinski definition) is 0. The topological polar surface area (TPSA) is 47.6 Å². The van der Waals surface area contributed by atoms with E-state index in [1.54, 1.807) is 6.08 Å². The lowest BCUT2D eigenvalue weighted by molar-refractivity contribution is 0.184. The molecule has 0 heterocycles. The maximum absolute atomic E-state index is 9.78. The lowest BCUT2D eigenvalue weighted by Gasteiger charge is -2.43. The number of halogens is 1. The normalized spacial score (nSPS) is 27.1. The molecule has 0 unspecified atom stereocenters. The highest BCUT2D eigenvalue weighted by molar-refractivity contribution is 9.10. The maximum Gasteiger partial charge on any atom is 0.157 e. The van der Waals surface area contributed by atoms with Gasteiger partial charge in [-0.1, -0.05) is 40.2 Å². The van der Waals surface area contributed by atoms with Gasteiger partial charge in [0.05, 0.1) is 12.1 Å². The first-order valence-corrected chi connectivity index (χ1v) is 7.75. The lowest BCUT2D eigenvalue weighted by Crippen LogP contribution is -2.41. The second kappa shape index (κ2) is 6.29. The van der Waals surface area contributed by atoms with Crippen LogP contribution < -0.4 is 0 Å². The number of benzene rings is 1. The van der Waals surface area contributed by atoms with E-state index in [-0.39, 0.29) is 17.8 Å². The molecular weight excluding hydrogens is 324 g/mol. The summed E-state index contributed by atoms with van der Waals surface area (Å²) in [5.74, 6) is -0.158. The van der Waals surface area contributed by atoms with Gasteiger partial charge in [0, 0.05) is 16.3 Å². The molecule has 0 amide bonds. The van der Waals surface area contributed by atoms with Crippen molar-refractivity contribution in [1.29, 1.82) is 10.5 Å². The number of hydrogen-bond acceptors (Lipinski definition) is 2. The Morgan fingerprint density at radius 2 is 1.71 bits per heavy atom. The van der Waals surface area contributed by atoms with Crippen LogP contribution in [-0.2, 0) is 0 Å². The first-order valence-electron chi connectivity index (χ1n) is 6.96. The zero-order chi connectivity index (χ0) is 15.5. The van der Waals surface area contributed by atoms with Crippen LogP contribution in [0, 0.1) is 39.9 Å². The third kappa shape index (κ3) is 2.55. The Bertz CT molecular complexity index is 604. The van der Waals surface area contributed by atoms with E-state index in [1.807, 2.05) is 30.3 Å². The summed E-state index contributed by atoms with van der Waals surface area (Å²) in [6.07, 6.45) is 5.37. The molecule has 1 aromatic carbocycles. The van der Waals surface area contributed by atoms with Gasteiger partial charge in [-0.15, -0.1) is 13.2 Å². The van der Waals surface area contributed by atoms with Gasteiger partial charge in [-0.25, -0.2) is 0 Å². The summed E-state index contributed by atoms with van der Waals surface area (Å²) < 4.78 is 0.983. The summed E-state index contributed by atoms with van der Waals surface area (Å²) in [6.45, 7) is 7.74. The monoisotopic (exact) mass is 340 g/mol. The molecule has 3 heteroatoms. The smallest absolute Gasteiger partial charge is 0.157 e. The van der Waals surface area contributed by atoms with Crippen molar-refractivity contribution in [1.82, 2.24) is 0 Å². The van der Waals surface area contributed by atoms with Crippen LogP contribution in [0.4, 0.5) is 0 Å². The van der Waals surface area contributed by atoms with Gasteiger partial charge >= 0.3 is 0 Å². The molecule has 1 aliphatic rings. The van der Waals surface area contributed by atoms with Crippen molar-refractivity contribution in [2.45, 2.75) is 18.8 Å². The van der Waals surface area contributed by atoms with E-state index in [9.17, 15) is 10.5 Å². The van der Waals surface area contributed by atoms with E-state index in [1.165, 1.54) is 0 Å². The van der Waals surface area contributed by atoms with Gasteiger partial charge in [0.15, 0.2) is 5.41 Å². The van der Waals surface area contributed by atoms with E-state index < -0.39 is 5.41 Å². The summed E-state index contributed by atoms with van der Waals surface area (Å²) >= 11 is 3.42. The highest BCUT2D eigenvalue weighted by atomic mass is 79.9. The fraction of sp³-hybridized carbons (Fsp3) is 0.333. The summed E-state index contributed by atoms with van der Waals surface area (Å²) in [4.78, 5) is 0. The summed E-state index contributed by atoms with van der Waals surface area (Å²) in [7, 11) is 0. The van der Waals surface area contributed by atoms with Crippen LogP contribution in [0.25, 0.3) is 0 Å². The molecule has 1 aliphatic carbocycles.